The number of non-ortho nitro benzene ring substituents is 1. The van der Waals surface area contributed by atoms with E-state index in [4.69, 9.17) is 23.2 Å². The van der Waals surface area contributed by atoms with Crippen LogP contribution in [0.1, 0.15) is 17.2 Å². The number of phenolic OH excluding ortho intramolecular Hbond substituents is 1. The zero-order valence-corrected chi connectivity index (χ0v) is 18.1. The number of phenols is 1. The molecule has 1 heterocycles. The number of hydrogen-bond donors (Lipinski definition) is 2. The average molecular weight is 485 g/mol. The summed E-state index contributed by atoms with van der Waals surface area (Å²) in [5, 5.41) is 32.3. The maximum atomic E-state index is 13.1. The van der Waals surface area contributed by atoms with Crippen molar-refractivity contribution in [1.82, 2.24) is 0 Å². The fourth-order valence-electron chi connectivity index (χ4n) is 3.63. The maximum absolute atomic E-state index is 13.1. The second-order valence-electron chi connectivity index (χ2n) is 7.17. The quantitative estimate of drug-likeness (QED) is 0.172. The van der Waals surface area contributed by atoms with Crippen LogP contribution in [0.5, 0.6) is 5.75 Å². The summed E-state index contributed by atoms with van der Waals surface area (Å²) in [6, 6.07) is 14.1. The van der Waals surface area contributed by atoms with Crippen LogP contribution in [0.2, 0.25) is 10.0 Å². The van der Waals surface area contributed by atoms with Crippen LogP contribution in [-0.2, 0) is 9.59 Å². The van der Waals surface area contributed by atoms with Crippen molar-refractivity contribution in [2.75, 3.05) is 4.90 Å². The number of carbonyl (C=O) groups excluding carboxylic acids is 2. The zero-order valence-electron chi connectivity index (χ0n) is 16.6. The minimum absolute atomic E-state index is 0.000108. The standard InChI is InChI=1S/C23H14Cl2N2O6/c24-17-9-6-14(11-18(17)25)26-20(12-4-7-16(28)8-5-12)19(22(30)23(26)31)21(29)13-2-1-3-15(10-13)27(32)33/h1-11,20,28-29H/b21-19+. The van der Waals surface area contributed by atoms with E-state index in [1.165, 1.54) is 60.7 Å². The molecule has 166 valence electrons. The van der Waals surface area contributed by atoms with Gasteiger partial charge in [-0.05, 0) is 35.9 Å². The van der Waals surface area contributed by atoms with Gasteiger partial charge in [0.05, 0.1) is 26.6 Å². The predicted octanol–water partition coefficient (Wildman–Crippen LogP) is 5.23. The molecule has 1 unspecified atom stereocenters. The van der Waals surface area contributed by atoms with Gasteiger partial charge in [0.2, 0.25) is 0 Å². The van der Waals surface area contributed by atoms with E-state index in [9.17, 15) is 29.9 Å². The van der Waals surface area contributed by atoms with E-state index in [-0.39, 0.29) is 38.3 Å². The van der Waals surface area contributed by atoms with Gasteiger partial charge in [-0.2, -0.15) is 0 Å². The molecule has 1 atom stereocenters. The molecular formula is C23H14Cl2N2O6. The van der Waals surface area contributed by atoms with E-state index < -0.39 is 28.4 Å². The molecule has 1 fully saturated rings. The second-order valence-corrected chi connectivity index (χ2v) is 7.98. The molecule has 0 saturated carbocycles. The minimum atomic E-state index is -1.10. The Morgan fingerprint density at radius 2 is 1.67 bits per heavy atom. The van der Waals surface area contributed by atoms with Crippen LogP contribution in [0.25, 0.3) is 5.76 Å². The van der Waals surface area contributed by atoms with E-state index in [2.05, 4.69) is 0 Å². The van der Waals surface area contributed by atoms with Crippen molar-refractivity contribution in [3.63, 3.8) is 0 Å². The molecule has 33 heavy (non-hydrogen) atoms. The topological polar surface area (TPSA) is 121 Å². The Morgan fingerprint density at radius 3 is 2.30 bits per heavy atom. The van der Waals surface area contributed by atoms with E-state index in [1.807, 2.05) is 0 Å². The number of aliphatic hydroxyl groups excluding tert-OH is 1. The molecule has 0 bridgehead atoms. The average Bonchev–Trinajstić information content (AvgIpc) is 3.06. The van der Waals surface area contributed by atoms with Gasteiger partial charge in [-0.1, -0.05) is 47.5 Å². The van der Waals surface area contributed by atoms with E-state index >= 15 is 0 Å². The van der Waals surface area contributed by atoms with Gasteiger partial charge in [0.15, 0.2) is 0 Å². The maximum Gasteiger partial charge on any atom is 0.300 e. The van der Waals surface area contributed by atoms with Gasteiger partial charge < -0.3 is 10.2 Å². The van der Waals surface area contributed by atoms with Gasteiger partial charge in [-0.3, -0.25) is 24.6 Å². The number of halogens is 2. The Balaban J connectivity index is 1.96. The summed E-state index contributed by atoms with van der Waals surface area (Å²) < 4.78 is 0. The first kappa shape index (κ1) is 22.3. The molecule has 1 aliphatic rings. The van der Waals surface area contributed by atoms with Gasteiger partial charge in [-0.25, -0.2) is 0 Å². The smallest absolute Gasteiger partial charge is 0.300 e. The number of ketones is 1. The Hall–Kier alpha value is -3.88. The molecule has 8 nitrogen and oxygen atoms in total. The van der Waals surface area contributed by atoms with Crippen molar-refractivity contribution in [2.45, 2.75) is 6.04 Å². The van der Waals surface area contributed by atoms with Crippen LogP contribution in [0.4, 0.5) is 11.4 Å². The van der Waals surface area contributed by atoms with Crippen molar-refractivity contribution in [1.29, 1.82) is 0 Å². The summed E-state index contributed by atoms with van der Waals surface area (Å²) >= 11 is 12.1. The number of amides is 1. The highest BCUT2D eigenvalue weighted by molar-refractivity contribution is 6.52. The summed E-state index contributed by atoms with van der Waals surface area (Å²) in [6.45, 7) is 0. The molecular weight excluding hydrogens is 471 g/mol. The Bertz CT molecular complexity index is 1340. The number of aromatic hydroxyl groups is 1. The molecule has 3 aromatic carbocycles. The molecule has 0 aromatic heterocycles. The number of nitro benzene ring substituents is 1. The Labute approximate surface area is 197 Å². The number of carbonyl (C=O) groups is 2. The lowest BCUT2D eigenvalue weighted by Crippen LogP contribution is -2.29. The van der Waals surface area contributed by atoms with Gasteiger partial charge >= 0.3 is 0 Å². The number of hydrogen-bond acceptors (Lipinski definition) is 6. The lowest BCUT2D eigenvalue weighted by atomic mass is 9.95. The summed E-state index contributed by atoms with van der Waals surface area (Å²) in [7, 11) is 0. The Morgan fingerprint density at radius 1 is 0.970 bits per heavy atom. The van der Waals surface area contributed by atoms with Crippen molar-refractivity contribution in [3.8, 4) is 5.75 Å². The van der Waals surface area contributed by atoms with Crippen molar-refractivity contribution in [3.05, 3.63) is 104 Å². The van der Waals surface area contributed by atoms with Crippen LogP contribution in [0.3, 0.4) is 0 Å². The lowest BCUT2D eigenvalue weighted by molar-refractivity contribution is -0.384. The van der Waals surface area contributed by atoms with Gasteiger partial charge in [-0.15, -0.1) is 0 Å². The van der Waals surface area contributed by atoms with Crippen LogP contribution in [0, 0.1) is 10.1 Å². The van der Waals surface area contributed by atoms with E-state index in [0.717, 1.165) is 11.0 Å². The number of aliphatic hydroxyl groups is 1. The largest absolute Gasteiger partial charge is 0.508 e. The fourth-order valence-corrected chi connectivity index (χ4v) is 3.92. The highest BCUT2D eigenvalue weighted by Gasteiger charge is 2.47. The number of benzene rings is 3. The first-order chi connectivity index (χ1) is 15.7. The van der Waals surface area contributed by atoms with Crippen molar-refractivity contribution >= 4 is 52.0 Å². The fraction of sp³-hybridized carbons (Fsp3) is 0.0435. The molecule has 0 aliphatic carbocycles. The zero-order chi connectivity index (χ0) is 23.9. The van der Waals surface area contributed by atoms with Crippen LogP contribution in [-0.4, -0.2) is 26.8 Å². The first-order valence-electron chi connectivity index (χ1n) is 9.49. The molecule has 1 amide bonds. The third-order valence-corrected chi connectivity index (χ3v) is 5.90. The third-order valence-electron chi connectivity index (χ3n) is 5.17. The number of nitrogens with zero attached hydrogens (tertiary/aromatic N) is 2. The van der Waals surface area contributed by atoms with Gasteiger partial charge in [0, 0.05) is 23.4 Å². The highest BCUT2D eigenvalue weighted by atomic mass is 35.5. The van der Waals surface area contributed by atoms with E-state index in [0.29, 0.717) is 5.56 Å². The van der Waals surface area contributed by atoms with E-state index in [1.54, 1.807) is 0 Å². The lowest BCUT2D eigenvalue weighted by Gasteiger charge is -2.25. The molecule has 1 saturated heterocycles. The second kappa shape index (κ2) is 8.57. The SMILES string of the molecule is O=C1C(=O)N(c2ccc(Cl)c(Cl)c2)C(c2ccc(O)cc2)/C1=C(\O)c1cccc([N+](=O)[O-])c1. The Kier molecular flexibility index (Phi) is 5.80. The number of anilines is 1. The number of rotatable bonds is 4. The molecule has 3 aromatic rings. The van der Waals surface area contributed by atoms with Crippen molar-refractivity contribution in [2.24, 2.45) is 0 Å². The molecule has 0 radical (unpaired) electrons. The summed E-state index contributed by atoms with van der Waals surface area (Å²) in [6.07, 6.45) is 0. The number of Topliss-reactive ketones (excluding diaryl/α,β-unsaturated/α-hetero) is 1. The van der Waals surface area contributed by atoms with Crippen LogP contribution < -0.4 is 4.90 Å². The highest BCUT2D eigenvalue weighted by Crippen LogP contribution is 2.43. The summed E-state index contributed by atoms with van der Waals surface area (Å²) in [5.74, 6) is -2.52. The molecule has 10 heteroatoms. The summed E-state index contributed by atoms with van der Waals surface area (Å²) in [5.41, 5.74) is 0.101. The molecule has 0 spiro atoms. The normalized spacial score (nSPS) is 17.4. The third kappa shape index (κ3) is 4.02. The van der Waals surface area contributed by atoms with Crippen LogP contribution >= 0.6 is 23.2 Å². The number of nitro groups is 1. The van der Waals surface area contributed by atoms with Gasteiger partial charge in [0.1, 0.15) is 11.5 Å². The van der Waals surface area contributed by atoms with Crippen LogP contribution in [0.15, 0.2) is 72.3 Å². The molecule has 2 N–H and O–H groups in total. The van der Waals surface area contributed by atoms with Gasteiger partial charge in [0.25, 0.3) is 17.4 Å². The molecule has 1 aliphatic heterocycles. The predicted molar refractivity (Wildman–Crippen MR) is 122 cm³/mol. The van der Waals surface area contributed by atoms with Crippen molar-refractivity contribution < 1.29 is 24.7 Å². The minimum Gasteiger partial charge on any atom is -0.508 e. The molecule has 4 rings (SSSR count). The first-order valence-corrected chi connectivity index (χ1v) is 10.2. The monoisotopic (exact) mass is 484 g/mol. The summed E-state index contributed by atoms with van der Waals surface area (Å²) in [4.78, 5) is 37.8.